The van der Waals surface area contributed by atoms with Crippen molar-refractivity contribution in [3.05, 3.63) is 93.7 Å². The Morgan fingerprint density at radius 3 is 2.44 bits per heavy atom. The van der Waals surface area contributed by atoms with Gasteiger partial charge in [0.1, 0.15) is 12.4 Å². The fourth-order valence-corrected chi connectivity index (χ4v) is 4.56. The monoisotopic (exact) mass is 493 g/mol. The largest absolute Gasteiger partial charge is 0.271 e. The van der Waals surface area contributed by atoms with Crippen molar-refractivity contribution in [2.45, 2.75) is 11.8 Å². The molecule has 3 rings (SSSR count). The third-order valence-corrected chi connectivity index (χ3v) is 6.97. The van der Waals surface area contributed by atoms with Gasteiger partial charge in [-0.1, -0.05) is 53.5 Å². The Morgan fingerprint density at radius 2 is 1.78 bits per heavy atom. The molecule has 0 aromatic heterocycles. The summed E-state index contributed by atoms with van der Waals surface area (Å²) in [4.78, 5) is 12.5. The molecule has 0 aliphatic heterocycles. The van der Waals surface area contributed by atoms with E-state index in [-0.39, 0.29) is 21.2 Å². The molecule has 0 spiro atoms. The average molecular weight is 494 g/mol. The number of nitrogens with zero attached hydrogens (tertiary/aromatic N) is 2. The van der Waals surface area contributed by atoms with Crippen molar-refractivity contribution in [1.29, 1.82) is 0 Å². The van der Waals surface area contributed by atoms with Crippen molar-refractivity contribution in [2.75, 3.05) is 10.8 Å². The van der Waals surface area contributed by atoms with Crippen molar-refractivity contribution in [1.82, 2.24) is 5.43 Å². The van der Waals surface area contributed by atoms with E-state index in [4.69, 9.17) is 23.2 Å². The zero-order valence-corrected chi connectivity index (χ0v) is 19.1. The molecule has 32 heavy (non-hydrogen) atoms. The molecule has 1 N–H and O–H groups in total. The predicted octanol–water partition coefficient (Wildman–Crippen LogP) is 4.79. The van der Waals surface area contributed by atoms with Gasteiger partial charge in [0.2, 0.25) is 0 Å². The third-order valence-electron chi connectivity index (χ3n) is 4.44. The second-order valence-electron chi connectivity index (χ2n) is 6.69. The fraction of sp³-hybridized carbons (Fsp3) is 0.0909. The quantitative estimate of drug-likeness (QED) is 0.379. The molecule has 0 radical (unpaired) electrons. The van der Waals surface area contributed by atoms with Crippen molar-refractivity contribution in [3.8, 4) is 0 Å². The molecule has 0 bridgehead atoms. The first-order valence-corrected chi connectivity index (χ1v) is 11.5. The van der Waals surface area contributed by atoms with Gasteiger partial charge in [-0.05, 0) is 48.9 Å². The molecule has 0 saturated heterocycles. The third kappa shape index (κ3) is 5.45. The van der Waals surface area contributed by atoms with E-state index in [2.05, 4.69) is 10.5 Å². The predicted molar refractivity (Wildman–Crippen MR) is 124 cm³/mol. The number of nitrogens with one attached hydrogen (secondary N) is 1. The van der Waals surface area contributed by atoms with Crippen LogP contribution in [0, 0.1) is 12.7 Å². The highest BCUT2D eigenvalue weighted by Crippen LogP contribution is 2.28. The van der Waals surface area contributed by atoms with E-state index in [1.54, 1.807) is 37.3 Å². The van der Waals surface area contributed by atoms with Gasteiger partial charge in [0, 0.05) is 10.6 Å². The minimum Gasteiger partial charge on any atom is -0.271 e. The molecular formula is C22H18Cl2FN3O3S. The number of sulfonamides is 1. The highest BCUT2D eigenvalue weighted by atomic mass is 35.5. The van der Waals surface area contributed by atoms with Crippen molar-refractivity contribution < 1.29 is 17.6 Å². The van der Waals surface area contributed by atoms with Crippen LogP contribution in [0.25, 0.3) is 0 Å². The van der Waals surface area contributed by atoms with Crippen molar-refractivity contribution in [2.24, 2.45) is 5.10 Å². The molecule has 6 nitrogen and oxygen atoms in total. The second-order valence-corrected chi connectivity index (χ2v) is 9.36. The number of amides is 1. The van der Waals surface area contributed by atoms with Gasteiger partial charge in [0.15, 0.2) is 0 Å². The molecule has 0 heterocycles. The van der Waals surface area contributed by atoms with Gasteiger partial charge in [0.25, 0.3) is 15.9 Å². The highest BCUT2D eigenvalue weighted by molar-refractivity contribution is 7.92. The van der Waals surface area contributed by atoms with Crippen LogP contribution in [0.4, 0.5) is 10.1 Å². The summed E-state index contributed by atoms with van der Waals surface area (Å²) in [5.74, 6) is -1.36. The molecule has 0 fully saturated rings. The van der Waals surface area contributed by atoms with E-state index in [0.717, 1.165) is 16.1 Å². The van der Waals surface area contributed by atoms with Crippen LogP contribution in [0.1, 0.15) is 11.1 Å². The van der Waals surface area contributed by atoms with Gasteiger partial charge in [-0.15, -0.1) is 0 Å². The van der Waals surface area contributed by atoms with E-state index in [9.17, 15) is 17.6 Å². The number of hydrogen-bond donors (Lipinski definition) is 1. The Kier molecular flexibility index (Phi) is 7.50. The van der Waals surface area contributed by atoms with Crippen LogP contribution in [0.2, 0.25) is 10.0 Å². The summed E-state index contributed by atoms with van der Waals surface area (Å²) in [5.41, 5.74) is 3.16. The molecule has 3 aromatic rings. The normalized spacial score (nSPS) is 11.5. The topological polar surface area (TPSA) is 78.8 Å². The van der Waals surface area contributed by atoms with Crippen molar-refractivity contribution >= 4 is 51.0 Å². The van der Waals surface area contributed by atoms with E-state index >= 15 is 0 Å². The Labute approximate surface area is 195 Å². The summed E-state index contributed by atoms with van der Waals surface area (Å²) in [6.45, 7) is 1.19. The molecule has 166 valence electrons. The Balaban J connectivity index is 1.88. The summed E-state index contributed by atoms with van der Waals surface area (Å²) in [7, 11) is -4.09. The molecule has 1 amide bonds. The number of hydrogen-bond acceptors (Lipinski definition) is 4. The molecule has 0 aliphatic rings. The smallest absolute Gasteiger partial charge is 0.264 e. The number of halogens is 3. The van der Waals surface area contributed by atoms with Crippen LogP contribution in [-0.4, -0.2) is 27.1 Å². The van der Waals surface area contributed by atoms with E-state index in [1.807, 2.05) is 0 Å². The Hall–Kier alpha value is -2.94. The number of aryl methyl sites for hydroxylation is 1. The highest BCUT2D eigenvalue weighted by Gasteiger charge is 2.27. The maximum atomic E-state index is 13.8. The second kappa shape index (κ2) is 10.1. The standard InChI is InChI=1S/C22H18Cl2FN3O3S/c1-15-10-11-16(12-20(15)24)28(32(30,31)17-6-3-2-4-7-17)14-22(29)27-26-13-18-19(23)8-5-9-21(18)25/h2-13H,14H2,1H3,(H,27,29)/b26-13-. The van der Waals surface area contributed by atoms with Crippen LogP contribution in [0.15, 0.2) is 76.7 Å². The van der Waals surface area contributed by atoms with Crippen molar-refractivity contribution in [3.63, 3.8) is 0 Å². The fourth-order valence-electron chi connectivity index (χ4n) is 2.74. The summed E-state index contributed by atoms with van der Waals surface area (Å²) < 4.78 is 41.3. The lowest BCUT2D eigenvalue weighted by Crippen LogP contribution is -2.39. The summed E-state index contributed by atoms with van der Waals surface area (Å²) in [5, 5.41) is 4.17. The van der Waals surface area contributed by atoms with Gasteiger partial charge in [0.05, 0.1) is 21.8 Å². The van der Waals surface area contributed by atoms with Crippen LogP contribution in [0.3, 0.4) is 0 Å². The van der Waals surface area contributed by atoms with Gasteiger partial charge in [-0.3, -0.25) is 9.10 Å². The molecule has 0 unspecified atom stereocenters. The molecule has 0 saturated carbocycles. The summed E-state index contributed by atoms with van der Waals surface area (Å²) >= 11 is 12.1. The molecular weight excluding hydrogens is 476 g/mol. The van der Waals surface area contributed by atoms with Crippen LogP contribution in [-0.2, 0) is 14.8 Å². The number of carbonyl (C=O) groups is 1. The van der Waals surface area contributed by atoms with Crippen LogP contribution in [0.5, 0.6) is 0 Å². The zero-order chi connectivity index (χ0) is 23.3. The average Bonchev–Trinajstić information content (AvgIpc) is 2.76. The van der Waals surface area contributed by atoms with Gasteiger partial charge < -0.3 is 0 Å². The first-order chi connectivity index (χ1) is 15.2. The van der Waals surface area contributed by atoms with E-state index in [1.165, 1.54) is 36.4 Å². The summed E-state index contributed by atoms with van der Waals surface area (Å²) in [6, 6.07) is 16.5. The van der Waals surface area contributed by atoms with Crippen LogP contribution < -0.4 is 9.73 Å². The maximum absolute atomic E-state index is 13.8. The van der Waals surface area contributed by atoms with Gasteiger partial charge in [-0.25, -0.2) is 18.2 Å². The Morgan fingerprint density at radius 1 is 1.06 bits per heavy atom. The number of carbonyl (C=O) groups excluding carboxylic acids is 1. The van der Waals surface area contributed by atoms with Crippen LogP contribution >= 0.6 is 23.2 Å². The SMILES string of the molecule is Cc1ccc(N(CC(=O)N/N=C\c2c(F)cccc2Cl)S(=O)(=O)c2ccccc2)cc1Cl. The molecule has 0 atom stereocenters. The number of anilines is 1. The Bertz CT molecular complexity index is 1250. The summed E-state index contributed by atoms with van der Waals surface area (Å²) in [6.07, 6.45) is 1.05. The van der Waals surface area contributed by atoms with Gasteiger partial charge >= 0.3 is 0 Å². The first-order valence-electron chi connectivity index (χ1n) is 9.30. The molecule has 10 heteroatoms. The van der Waals surface area contributed by atoms with Gasteiger partial charge in [-0.2, -0.15) is 5.10 Å². The minimum absolute atomic E-state index is 0.00568. The van der Waals surface area contributed by atoms with E-state index < -0.39 is 28.3 Å². The van der Waals surface area contributed by atoms with E-state index in [0.29, 0.717) is 5.02 Å². The number of hydrazone groups is 1. The molecule has 3 aromatic carbocycles. The lowest BCUT2D eigenvalue weighted by atomic mass is 10.2. The lowest BCUT2D eigenvalue weighted by Gasteiger charge is -2.24. The maximum Gasteiger partial charge on any atom is 0.264 e. The lowest BCUT2D eigenvalue weighted by molar-refractivity contribution is -0.119. The molecule has 0 aliphatic carbocycles. The zero-order valence-electron chi connectivity index (χ0n) is 16.8. The number of benzene rings is 3. The minimum atomic E-state index is -4.09. The number of rotatable bonds is 7. The first kappa shape index (κ1) is 23.7.